The molecule has 1 amide bonds. The Morgan fingerprint density at radius 3 is 2.69 bits per heavy atom. The zero-order chi connectivity index (χ0) is 18.8. The molecule has 1 aliphatic rings. The maximum absolute atomic E-state index is 12.3. The van der Waals surface area contributed by atoms with Gasteiger partial charge in [0.25, 0.3) is 0 Å². The molecular formula is C19H26N2O5. The molecule has 7 heteroatoms. The van der Waals surface area contributed by atoms with Crippen molar-refractivity contribution in [2.24, 2.45) is 0 Å². The van der Waals surface area contributed by atoms with Crippen LogP contribution < -0.4 is 5.32 Å². The van der Waals surface area contributed by atoms with Gasteiger partial charge in [0.15, 0.2) is 0 Å². The largest absolute Gasteiger partial charge is 0.466 e. The summed E-state index contributed by atoms with van der Waals surface area (Å²) in [5.41, 5.74) is 0.933. The molecule has 26 heavy (non-hydrogen) atoms. The zero-order valence-corrected chi connectivity index (χ0v) is 15.1. The van der Waals surface area contributed by atoms with Crippen LogP contribution in [0, 0.1) is 0 Å². The van der Waals surface area contributed by atoms with E-state index in [1.807, 2.05) is 35.2 Å². The number of likely N-dealkylation sites (tertiary alicyclic amines) is 1. The molecule has 0 aliphatic carbocycles. The van der Waals surface area contributed by atoms with Crippen LogP contribution in [0.5, 0.6) is 0 Å². The van der Waals surface area contributed by atoms with Crippen molar-refractivity contribution in [2.45, 2.75) is 38.8 Å². The first-order chi connectivity index (χ1) is 12.6. The molecule has 0 unspecified atom stereocenters. The van der Waals surface area contributed by atoms with Crippen LogP contribution in [0.15, 0.2) is 30.3 Å². The zero-order valence-electron chi connectivity index (χ0n) is 15.1. The molecule has 142 valence electrons. The van der Waals surface area contributed by atoms with Crippen molar-refractivity contribution in [2.75, 3.05) is 26.2 Å². The lowest BCUT2D eigenvalue weighted by Crippen LogP contribution is -2.44. The lowest BCUT2D eigenvalue weighted by molar-refractivity contribution is -0.150. The molecular weight excluding hydrogens is 336 g/mol. The van der Waals surface area contributed by atoms with Crippen LogP contribution >= 0.6 is 0 Å². The van der Waals surface area contributed by atoms with Gasteiger partial charge in [-0.2, -0.15) is 0 Å². The van der Waals surface area contributed by atoms with Gasteiger partial charge in [0, 0.05) is 6.54 Å². The van der Waals surface area contributed by atoms with Crippen LogP contribution in [0.3, 0.4) is 0 Å². The number of hydrogen-bond acceptors (Lipinski definition) is 6. The second-order valence-corrected chi connectivity index (χ2v) is 6.13. The molecule has 0 spiro atoms. The summed E-state index contributed by atoms with van der Waals surface area (Å²) in [6.07, 6.45) is 1.67. The Bertz CT molecular complexity index is 605. The van der Waals surface area contributed by atoms with Gasteiger partial charge in [-0.15, -0.1) is 0 Å². The van der Waals surface area contributed by atoms with Crippen LogP contribution in [-0.4, -0.2) is 55.0 Å². The Morgan fingerprint density at radius 1 is 1.19 bits per heavy atom. The van der Waals surface area contributed by atoms with Gasteiger partial charge in [-0.25, -0.2) is 0 Å². The van der Waals surface area contributed by atoms with Crippen molar-refractivity contribution in [1.82, 2.24) is 10.2 Å². The van der Waals surface area contributed by atoms with E-state index in [0.717, 1.165) is 12.0 Å². The molecule has 0 radical (unpaired) electrons. The smallest absolute Gasteiger partial charge is 0.323 e. The van der Waals surface area contributed by atoms with Crippen molar-refractivity contribution >= 4 is 17.8 Å². The van der Waals surface area contributed by atoms with E-state index in [-0.39, 0.29) is 44.0 Å². The SMILES string of the molecule is CCOC(=O)CCNC(=O)CN1CCC[C@H]1C(=O)OCc1ccccc1. The molecule has 7 nitrogen and oxygen atoms in total. The molecule has 0 bridgehead atoms. The molecule has 1 aliphatic heterocycles. The van der Waals surface area contributed by atoms with Crippen molar-refractivity contribution < 1.29 is 23.9 Å². The Hall–Kier alpha value is -2.41. The Morgan fingerprint density at radius 2 is 1.96 bits per heavy atom. The molecule has 0 aromatic heterocycles. The van der Waals surface area contributed by atoms with E-state index in [1.165, 1.54) is 0 Å². The predicted molar refractivity (Wildman–Crippen MR) is 95.1 cm³/mol. The average Bonchev–Trinajstić information content (AvgIpc) is 3.09. The van der Waals surface area contributed by atoms with Gasteiger partial charge in [-0.3, -0.25) is 19.3 Å². The van der Waals surface area contributed by atoms with Crippen LogP contribution in [0.1, 0.15) is 31.7 Å². The predicted octanol–water partition coefficient (Wildman–Crippen LogP) is 1.26. The number of nitrogens with one attached hydrogen (secondary N) is 1. The second kappa shape index (κ2) is 10.6. The van der Waals surface area contributed by atoms with Gasteiger partial charge < -0.3 is 14.8 Å². The summed E-state index contributed by atoms with van der Waals surface area (Å²) in [7, 11) is 0. The Kier molecular flexibility index (Phi) is 8.08. The summed E-state index contributed by atoms with van der Waals surface area (Å²) in [6.45, 7) is 3.32. The van der Waals surface area contributed by atoms with Gasteiger partial charge in [0.1, 0.15) is 12.6 Å². The summed E-state index contributed by atoms with van der Waals surface area (Å²) in [5, 5.41) is 2.68. The van der Waals surface area contributed by atoms with E-state index in [4.69, 9.17) is 9.47 Å². The van der Waals surface area contributed by atoms with E-state index in [9.17, 15) is 14.4 Å². The third kappa shape index (κ3) is 6.48. The molecule has 1 fully saturated rings. The summed E-state index contributed by atoms with van der Waals surface area (Å²) in [5.74, 6) is -0.848. The summed E-state index contributed by atoms with van der Waals surface area (Å²) >= 11 is 0. The Labute approximate surface area is 153 Å². The first kappa shape index (κ1) is 19.9. The quantitative estimate of drug-likeness (QED) is 0.666. The fourth-order valence-corrected chi connectivity index (χ4v) is 2.88. The minimum Gasteiger partial charge on any atom is -0.466 e. The molecule has 1 saturated heterocycles. The van der Waals surface area contributed by atoms with Gasteiger partial charge in [-0.1, -0.05) is 30.3 Å². The second-order valence-electron chi connectivity index (χ2n) is 6.13. The van der Waals surface area contributed by atoms with Gasteiger partial charge in [-0.05, 0) is 31.9 Å². The van der Waals surface area contributed by atoms with E-state index >= 15 is 0 Å². The monoisotopic (exact) mass is 362 g/mol. The minimum atomic E-state index is -0.394. The highest BCUT2D eigenvalue weighted by atomic mass is 16.5. The fraction of sp³-hybridized carbons (Fsp3) is 0.526. The highest BCUT2D eigenvalue weighted by Crippen LogP contribution is 2.18. The summed E-state index contributed by atoms with van der Waals surface area (Å²) < 4.78 is 10.2. The van der Waals surface area contributed by atoms with Crippen LogP contribution in [0.25, 0.3) is 0 Å². The molecule has 1 heterocycles. The number of carbonyl (C=O) groups excluding carboxylic acids is 3. The maximum atomic E-state index is 12.3. The van der Waals surface area contributed by atoms with Crippen LogP contribution in [-0.2, 0) is 30.5 Å². The van der Waals surface area contributed by atoms with Crippen molar-refractivity contribution in [1.29, 1.82) is 0 Å². The van der Waals surface area contributed by atoms with Crippen molar-refractivity contribution in [3.05, 3.63) is 35.9 Å². The maximum Gasteiger partial charge on any atom is 0.323 e. The number of ether oxygens (including phenoxy) is 2. The highest BCUT2D eigenvalue weighted by Gasteiger charge is 2.33. The molecule has 0 saturated carbocycles. The topological polar surface area (TPSA) is 84.9 Å². The first-order valence-corrected chi connectivity index (χ1v) is 8.97. The van der Waals surface area contributed by atoms with E-state index < -0.39 is 6.04 Å². The number of rotatable bonds is 9. The molecule has 1 atom stereocenters. The number of esters is 2. The molecule has 1 N–H and O–H groups in total. The summed E-state index contributed by atoms with van der Waals surface area (Å²) in [6, 6.07) is 9.10. The number of amides is 1. The standard InChI is InChI=1S/C19H26N2O5/c1-2-25-18(23)10-11-20-17(22)13-21-12-6-9-16(21)19(24)26-14-15-7-4-3-5-8-15/h3-5,7-8,16H,2,6,9-14H2,1H3,(H,20,22)/t16-/m0/s1. The number of carbonyl (C=O) groups is 3. The molecule has 1 aromatic carbocycles. The minimum absolute atomic E-state index is 0.119. The van der Waals surface area contributed by atoms with Crippen LogP contribution in [0.4, 0.5) is 0 Å². The lowest BCUT2D eigenvalue weighted by atomic mass is 10.2. The molecule has 1 aromatic rings. The number of benzene rings is 1. The van der Waals surface area contributed by atoms with Crippen molar-refractivity contribution in [3.63, 3.8) is 0 Å². The van der Waals surface area contributed by atoms with E-state index in [0.29, 0.717) is 19.6 Å². The molecule has 2 rings (SSSR count). The highest BCUT2D eigenvalue weighted by molar-refractivity contribution is 5.81. The van der Waals surface area contributed by atoms with E-state index in [1.54, 1.807) is 6.92 Å². The van der Waals surface area contributed by atoms with Gasteiger partial charge >= 0.3 is 11.9 Å². The summed E-state index contributed by atoms with van der Waals surface area (Å²) in [4.78, 5) is 37.4. The third-order valence-corrected chi connectivity index (χ3v) is 4.16. The van der Waals surface area contributed by atoms with Crippen molar-refractivity contribution in [3.8, 4) is 0 Å². The lowest BCUT2D eigenvalue weighted by Gasteiger charge is -2.22. The Balaban J connectivity index is 1.73. The third-order valence-electron chi connectivity index (χ3n) is 4.16. The average molecular weight is 362 g/mol. The van der Waals surface area contributed by atoms with Gasteiger partial charge in [0.05, 0.1) is 19.6 Å². The van der Waals surface area contributed by atoms with E-state index in [2.05, 4.69) is 5.32 Å². The first-order valence-electron chi connectivity index (χ1n) is 8.97. The number of nitrogens with zero attached hydrogens (tertiary/aromatic N) is 1. The van der Waals surface area contributed by atoms with Gasteiger partial charge in [0.2, 0.25) is 5.91 Å². The number of hydrogen-bond donors (Lipinski definition) is 1. The van der Waals surface area contributed by atoms with Crippen LogP contribution in [0.2, 0.25) is 0 Å². The fourth-order valence-electron chi connectivity index (χ4n) is 2.88. The normalized spacial score (nSPS) is 16.9.